The van der Waals surface area contributed by atoms with Gasteiger partial charge in [-0.15, -0.1) is 0 Å². The van der Waals surface area contributed by atoms with Crippen LogP contribution in [0.15, 0.2) is 0 Å². The van der Waals surface area contributed by atoms with E-state index in [1.165, 1.54) is 0 Å². The maximum absolute atomic E-state index is 12.4. The molecular weight excluding hydrogens is 300 g/mol. The molecule has 2 fully saturated rings. The van der Waals surface area contributed by atoms with Gasteiger partial charge in [0.25, 0.3) is 0 Å². The zero-order chi connectivity index (χ0) is 14.8. The van der Waals surface area contributed by atoms with Gasteiger partial charge in [-0.3, -0.25) is 0 Å². The molecule has 20 heavy (non-hydrogen) atoms. The molecule has 1 heterocycles. The minimum atomic E-state index is -3.46. The summed E-state index contributed by atoms with van der Waals surface area (Å²) in [4.78, 5) is 0. The second kappa shape index (κ2) is 6.29. The van der Waals surface area contributed by atoms with Crippen LogP contribution in [0.1, 0.15) is 25.7 Å². The highest BCUT2D eigenvalue weighted by molar-refractivity contribution is 7.93. The normalized spacial score (nSPS) is 22.3. The molecule has 0 unspecified atom stereocenters. The summed E-state index contributed by atoms with van der Waals surface area (Å²) in [7, 11) is -6.70. The van der Waals surface area contributed by atoms with Crippen molar-refractivity contribution in [2.45, 2.75) is 31.7 Å². The molecule has 0 bridgehead atoms. The molecule has 2 rings (SSSR count). The highest BCUT2D eigenvalue weighted by atomic mass is 32.2. The molecule has 2 aliphatic rings. The van der Waals surface area contributed by atoms with Gasteiger partial charge in [0.2, 0.25) is 10.0 Å². The Morgan fingerprint density at radius 1 is 1.00 bits per heavy atom. The zero-order valence-electron chi connectivity index (χ0n) is 11.9. The Labute approximate surface area is 121 Å². The van der Waals surface area contributed by atoms with Crippen molar-refractivity contribution >= 4 is 19.9 Å². The minimum Gasteiger partial charge on any atom is -0.317 e. The molecule has 0 aromatic carbocycles. The highest BCUT2D eigenvalue weighted by Crippen LogP contribution is 2.31. The topological polar surface area (TPSA) is 83.5 Å². The van der Waals surface area contributed by atoms with Crippen LogP contribution in [0.2, 0.25) is 0 Å². The van der Waals surface area contributed by atoms with Crippen LogP contribution in [0, 0.1) is 5.92 Å². The van der Waals surface area contributed by atoms with Gasteiger partial charge in [-0.1, -0.05) is 0 Å². The van der Waals surface area contributed by atoms with Gasteiger partial charge in [0.05, 0.1) is 11.5 Å². The van der Waals surface area contributed by atoms with Crippen molar-refractivity contribution in [1.29, 1.82) is 0 Å². The Hall–Kier alpha value is -0.180. The van der Waals surface area contributed by atoms with Crippen LogP contribution in [0.5, 0.6) is 0 Å². The quantitative estimate of drug-likeness (QED) is 0.703. The summed E-state index contributed by atoms with van der Waals surface area (Å²) in [6.45, 7) is 2.43. The van der Waals surface area contributed by atoms with Gasteiger partial charge in [0.1, 0.15) is 9.84 Å². The van der Waals surface area contributed by atoms with Crippen LogP contribution in [-0.2, 0) is 19.9 Å². The molecule has 1 saturated carbocycles. The lowest BCUT2D eigenvalue weighted by Gasteiger charge is -2.29. The number of sulfone groups is 1. The van der Waals surface area contributed by atoms with Gasteiger partial charge in [-0.25, -0.2) is 16.8 Å². The largest absolute Gasteiger partial charge is 0.317 e. The highest BCUT2D eigenvalue weighted by Gasteiger charge is 2.38. The average Bonchev–Trinajstić information content (AvgIpc) is 3.18. The number of hydrogen-bond donors (Lipinski definition) is 1. The van der Waals surface area contributed by atoms with Gasteiger partial charge >= 0.3 is 0 Å². The van der Waals surface area contributed by atoms with Crippen molar-refractivity contribution in [3.8, 4) is 0 Å². The second-order valence-corrected chi connectivity index (χ2v) is 10.2. The van der Waals surface area contributed by atoms with E-state index in [-0.39, 0.29) is 17.5 Å². The van der Waals surface area contributed by atoms with Gasteiger partial charge in [-0.2, -0.15) is 4.31 Å². The first-order chi connectivity index (χ1) is 9.28. The van der Waals surface area contributed by atoms with E-state index in [1.807, 2.05) is 0 Å². The summed E-state index contributed by atoms with van der Waals surface area (Å²) in [5.41, 5.74) is 0. The molecule has 0 aromatic rings. The van der Waals surface area contributed by atoms with Crippen molar-refractivity contribution in [1.82, 2.24) is 9.62 Å². The first-order valence-electron chi connectivity index (χ1n) is 7.16. The summed E-state index contributed by atoms with van der Waals surface area (Å²) in [5, 5.41) is 3.27. The van der Waals surface area contributed by atoms with Crippen LogP contribution < -0.4 is 5.32 Å². The van der Waals surface area contributed by atoms with Gasteiger partial charge in [0.15, 0.2) is 0 Å². The molecule has 1 aliphatic heterocycles. The Balaban J connectivity index is 1.99. The first-order valence-corrected chi connectivity index (χ1v) is 10.8. The number of sulfonamides is 1. The predicted molar refractivity (Wildman–Crippen MR) is 78.8 cm³/mol. The monoisotopic (exact) mass is 324 g/mol. The van der Waals surface area contributed by atoms with E-state index >= 15 is 0 Å². The fourth-order valence-electron chi connectivity index (χ4n) is 2.54. The van der Waals surface area contributed by atoms with E-state index in [9.17, 15) is 16.8 Å². The molecule has 1 aliphatic carbocycles. The van der Waals surface area contributed by atoms with Crippen LogP contribution in [0.25, 0.3) is 0 Å². The van der Waals surface area contributed by atoms with Gasteiger partial charge < -0.3 is 5.32 Å². The van der Waals surface area contributed by atoms with Crippen molar-refractivity contribution in [2.24, 2.45) is 5.92 Å². The summed E-state index contributed by atoms with van der Waals surface area (Å²) in [6, 6.07) is 0.106. The Bertz CT molecular complexity index is 520. The minimum absolute atomic E-state index is 0.106. The summed E-state index contributed by atoms with van der Waals surface area (Å²) in [6.07, 6.45) is 4.87. The summed E-state index contributed by atoms with van der Waals surface area (Å²) in [5.74, 6) is -0.178. The van der Waals surface area contributed by atoms with E-state index in [0.717, 1.165) is 45.0 Å². The lowest BCUT2D eigenvalue weighted by atomic mass is 9.98. The van der Waals surface area contributed by atoms with Crippen molar-refractivity contribution in [3.63, 3.8) is 0 Å². The molecule has 0 amide bonds. The predicted octanol–water partition coefficient (Wildman–Crippen LogP) is -0.175. The SMILES string of the molecule is CS(=O)(=O)CCS(=O)(=O)N(CC1CCNCC1)C1CC1. The molecular formula is C12H24N2O4S2. The maximum atomic E-state index is 12.4. The third-order valence-electron chi connectivity index (χ3n) is 3.92. The maximum Gasteiger partial charge on any atom is 0.215 e. The zero-order valence-corrected chi connectivity index (χ0v) is 13.5. The molecule has 118 valence electrons. The molecule has 6 nitrogen and oxygen atoms in total. The number of nitrogens with zero attached hydrogens (tertiary/aromatic N) is 1. The number of rotatable bonds is 7. The molecule has 0 atom stereocenters. The van der Waals surface area contributed by atoms with Crippen LogP contribution in [0.4, 0.5) is 0 Å². The van der Waals surface area contributed by atoms with Crippen LogP contribution in [-0.4, -0.2) is 64.6 Å². The summed E-state index contributed by atoms with van der Waals surface area (Å²) >= 11 is 0. The van der Waals surface area contributed by atoms with Crippen LogP contribution in [0.3, 0.4) is 0 Å². The van der Waals surface area contributed by atoms with Gasteiger partial charge in [0, 0.05) is 18.8 Å². The molecule has 0 aromatic heterocycles. The lowest BCUT2D eigenvalue weighted by Crippen LogP contribution is -2.42. The molecule has 0 spiro atoms. The lowest BCUT2D eigenvalue weighted by molar-refractivity contribution is 0.283. The molecule has 1 N–H and O–H groups in total. The van der Waals surface area contributed by atoms with E-state index in [2.05, 4.69) is 5.32 Å². The van der Waals surface area contributed by atoms with Crippen LogP contribution >= 0.6 is 0 Å². The summed E-state index contributed by atoms with van der Waals surface area (Å²) < 4.78 is 48.7. The van der Waals surface area contributed by atoms with Crippen molar-refractivity contribution in [3.05, 3.63) is 0 Å². The number of hydrogen-bond acceptors (Lipinski definition) is 5. The Kier molecular flexibility index (Phi) is 5.09. The van der Waals surface area contributed by atoms with E-state index in [0.29, 0.717) is 12.5 Å². The third-order valence-corrected chi connectivity index (χ3v) is 7.01. The van der Waals surface area contributed by atoms with E-state index in [1.54, 1.807) is 4.31 Å². The standard InChI is InChI=1S/C12H24N2O4S2/c1-19(15,16)8-9-20(17,18)14(12-2-3-12)10-11-4-6-13-7-5-11/h11-13H,2-10H2,1H3. The number of piperidine rings is 1. The molecule has 1 saturated heterocycles. The average molecular weight is 324 g/mol. The van der Waals surface area contributed by atoms with Gasteiger partial charge in [-0.05, 0) is 44.7 Å². The number of nitrogens with one attached hydrogen (secondary N) is 1. The molecule has 8 heteroatoms. The van der Waals surface area contributed by atoms with Crippen molar-refractivity contribution in [2.75, 3.05) is 37.4 Å². The first kappa shape index (κ1) is 16.2. The fourth-order valence-corrected chi connectivity index (χ4v) is 5.94. The molecule has 0 radical (unpaired) electrons. The van der Waals surface area contributed by atoms with E-state index < -0.39 is 19.9 Å². The Morgan fingerprint density at radius 2 is 1.60 bits per heavy atom. The third kappa shape index (κ3) is 4.98. The van der Waals surface area contributed by atoms with E-state index in [4.69, 9.17) is 0 Å². The Morgan fingerprint density at radius 3 is 2.10 bits per heavy atom. The second-order valence-electron chi connectivity index (χ2n) is 5.94. The van der Waals surface area contributed by atoms with Crippen molar-refractivity contribution < 1.29 is 16.8 Å². The fraction of sp³-hybridized carbons (Fsp3) is 1.00. The smallest absolute Gasteiger partial charge is 0.215 e.